The van der Waals surface area contributed by atoms with E-state index >= 15 is 0 Å². The standard InChI is InChI=1S/C20H17ClN4/c21-20-10-7-16(13-23-20)12-22-11-15-5-8-17(9-6-15)25-14-24-18-3-1-2-4-19(18)25/h1-10,13-14,22H,11-12H2. The van der Waals surface area contributed by atoms with Crippen LogP contribution in [-0.2, 0) is 13.1 Å². The molecule has 1 N–H and O–H groups in total. The quantitative estimate of drug-likeness (QED) is 0.545. The number of rotatable bonds is 5. The third-order valence-electron chi connectivity index (χ3n) is 4.11. The molecule has 0 saturated carbocycles. The molecule has 0 saturated heterocycles. The molecule has 2 aromatic heterocycles. The van der Waals surface area contributed by atoms with Gasteiger partial charge < -0.3 is 5.32 Å². The average Bonchev–Trinajstić information content (AvgIpc) is 3.08. The third-order valence-corrected chi connectivity index (χ3v) is 4.34. The molecule has 0 atom stereocenters. The lowest BCUT2D eigenvalue weighted by Crippen LogP contribution is -2.12. The number of para-hydroxylation sites is 2. The summed E-state index contributed by atoms with van der Waals surface area (Å²) in [7, 11) is 0. The summed E-state index contributed by atoms with van der Waals surface area (Å²) in [5.74, 6) is 0. The Kier molecular flexibility index (Phi) is 4.46. The van der Waals surface area contributed by atoms with Crippen LogP contribution < -0.4 is 5.32 Å². The van der Waals surface area contributed by atoms with Crippen molar-refractivity contribution in [2.24, 2.45) is 0 Å². The lowest BCUT2D eigenvalue weighted by Gasteiger charge is -2.08. The van der Waals surface area contributed by atoms with E-state index < -0.39 is 0 Å². The minimum atomic E-state index is 0.520. The lowest BCUT2D eigenvalue weighted by molar-refractivity contribution is 0.691. The normalized spacial score (nSPS) is 11.1. The second kappa shape index (κ2) is 7.05. The Morgan fingerprint density at radius 2 is 1.60 bits per heavy atom. The Balaban J connectivity index is 1.42. The second-order valence-corrected chi connectivity index (χ2v) is 6.25. The highest BCUT2D eigenvalue weighted by atomic mass is 35.5. The summed E-state index contributed by atoms with van der Waals surface area (Å²) < 4.78 is 2.10. The van der Waals surface area contributed by atoms with Crippen LogP contribution in [0.1, 0.15) is 11.1 Å². The van der Waals surface area contributed by atoms with Crippen molar-refractivity contribution in [3.63, 3.8) is 0 Å². The van der Waals surface area contributed by atoms with Gasteiger partial charge in [0, 0.05) is 25.0 Å². The van der Waals surface area contributed by atoms with Crippen molar-refractivity contribution in [1.29, 1.82) is 0 Å². The highest BCUT2D eigenvalue weighted by Gasteiger charge is 2.03. The molecule has 4 nitrogen and oxygen atoms in total. The van der Waals surface area contributed by atoms with E-state index in [2.05, 4.69) is 50.2 Å². The molecule has 4 rings (SSSR count). The number of imidazole rings is 1. The first-order valence-electron chi connectivity index (χ1n) is 8.12. The average molecular weight is 349 g/mol. The van der Waals surface area contributed by atoms with E-state index in [1.165, 1.54) is 5.56 Å². The molecule has 0 aliphatic carbocycles. The van der Waals surface area contributed by atoms with E-state index in [0.717, 1.165) is 35.4 Å². The fraction of sp³-hybridized carbons (Fsp3) is 0.100. The largest absolute Gasteiger partial charge is 0.309 e. The van der Waals surface area contributed by atoms with Crippen LogP contribution in [0.2, 0.25) is 5.15 Å². The zero-order valence-corrected chi connectivity index (χ0v) is 14.3. The van der Waals surface area contributed by atoms with Crippen molar-refractivity contribution in [3.05, 3.63) is 89.5 Å². The van der Waals surface area contributed by atoms with Gasteiger partial charge in [-0.3, -0.25) is 4.57 Å². The van der Waals surface area contributed by atoms with E-state index in [9.17, 15) is 0 Å². The van der Waals surface area contributed by atoms with Gasteiger partial charge in [-0.1, -0.05) is 41.9 Å². The van der Waals surface area contributed by atoms with Gasteiger partial charge in [-0.15, -0.1) is 0 Å². The Labute approximate surface area is 151 Å². The smallest absolute Gasteiger partial charge is 0.129 e. The van der Waals surface area contributed by atoms with Crippen molar-refractivity contribution in [1.82, 2.24) is 19.9 Å². The number of hydrogen-bond acceptors (Lipinski definition) is 3. The summed E-state index contributed by atoms with van der Waals surface area (Å²) in [5, 5.41) is 3.94. The number of aromatic nitrogens is 3. The summed E-state index contributed by atoms with van der Waals surface area (Å²) in [6.45, 7) is 1.56. The maximum atomic E-state index is 5.80. The Hall–Kier alpha value is -2.69. The molecule has 5 heteroatoms. The van der Waals surface area contributed by atoms with Crippen LogP contribution >= 0.6 is 11.6 Å². The second-order valence-electron chi connectivity index (χ2n) is 5.86. The maximum Gasteiger partial charge on any atom is 0.129 e. The number of halogens is 1. The Morgan fingerprint density at radius 3 is 2.40 bits per heavy atom. The predicted molar refractivity (Wildman–Crippen MR) is 101 cm³/mol. The molecule has 4 aromatic rings. The van der Waals surface area contributed by atoms with E-state index in [1.807, 2.05) is 36.7 Å². The van der Waals surface area contributed by atoms with Crippen molar-refractivity contribution >= 4 is 22.6 Å². The first kappa shape index (κ1) is 15.8. The molecule has 2 heterocycles. The van der Waals surface area contributed by atoms with Crippen molar-refractivity contribution in [2.75, 3.05) is 0 Å². The number of pyridine rings is 1. The van der Waals surface area contributed by atoms with Gasteiger partial charge in [-0.25, -0.2) is 9.97 Å². The molecule has 0 fully saturated rings. The number of nitrogens with zero attached hydrogens (tertiary/aromatic N) is 3. The highest BCUT2D eigenvalue weighted by molar-refractivity contribution is 6.29. The van der Waals surface area contributed by atoms with E-state index in [0.29, 0.717) is 5.15 Å². The molecule has 0 aliphatic rings. The molecule has 124 valence electrons. The molecule has 25 heavy (non-hydrogen) atoms. The van der Waals surface area contributed by atoms with Gasteiger partial charge in [0.25, 0.3) is 0 Å². The van der Waals surface area contributed by atoms with Crippen LogP contribution in [0.4, 0.5) is 0 Å². The summed E-state index contributed by atoms with van der Waals surface area (Å²) in [6, 6.07) is 20.4. The van der Waals surface area contributed by atoms with Gasteiger partial charge in [-0.2, -0.15) is 0 Å². The van der Waals surface area contributed by atoms with Crippen LogP contribution in [0.3, 0.4) is 0 Å². The fourth-order valence-corrected chi connectivity index (χ4v) is 2.91. The summed E-state index contributed by atoms with van der Waals surface area (Å²) >= 11 is 5.80. The van der Waals surface area contributed by atoms with Gasteiger partial charge in [0.1, 0.15) is 11.5 Å². The van der Waals surface area contributed by atoms with Gasteiger partial charge >= 0.3 is 0 Å². The van der Waals surface area contributed by atoms with Crippen LogP contribution in [-0.4, -0.2) is 14.5 Å². The van der Waals surface area contributed by atoms with E-state index in [-0.39, 0.29) is 0 Å². The number of nitrogens with one attached hydrogen (secondary N) is 1. The minimum absolute atomic E-state index is 0.520. The number of hydrogen-bond donors (Lipinski definition) is 1. The van der Waals surface area contributed by atoms with Crippen LogP contribution in [0, 0.1) is 0 Å². The van der Waals surface area contributed by atoms with Gasteiger partial charge in [-0.05, 0) is 41.5 Å². The van der Waals surface area contributed by atoms with Crippen LogP contribution in [0.5, 0.6) is 0 Å². The first-order chi connectivity index (χ1) is 12.3. The molecule has 0 spiro atoms. The molecular weight excluding hydrogens is 332 g/mol. The van der Waals surface area contributed by atoms with Crippen molar-refractivity contribution in [2.45, 2.75) is 13.1 Å². The highest BCUT2D eigenvalue weighted by Crippen LogP contribution is 2.18. The zero-order chi connectivity index (χ0) is 17.1. The summed E-state index contributed by atoms with van der Waals surface area (Å²) in [5.41, 5.74) is 5.58. The van der Waals surface area contributed by atoms with Gasteiger partial charge in [0.05, 0.1) is 11.0 Å². The first-order valence-corrected chi connectivity index (χ1v) is 8.50. The van der Waals surface area contributed by atoms with Gasteiger partial charge in [0.2, 0.25) is 0 Å². The van der Waals surface area contributed by atoms with Crippen molar-refractivity contribution < 1.29 is 0 Å². The molecule has 0 bridgehead atoms. The lowest BCUT2D eigenvalue weighted by atomic mass is 10.2. The van der Waals surface area contributed by atoms with E-state index in [4.69, 9.17) is 11.6 Å². The maximum absolute atomic E-state index is 5.80. The Bertz CT molecular complexity index is 975. The molecule has 2 aromatic carbocycles. The minimum Gasteiger partial charge on any atom is -0.309 e. The van der Waals surface area contributed by atoms with Gasteiger partial charge in [0.15, 0.2) is 0 Å². The number of fused-ring (bicyclic) bond motifs is 1. The number of benzene rings is 2. The topological polar surface area (TPSA) is 42.7 Å². The van der Waals surface area contributed by atoms with E-state index in [1.54, 1.807) is 6.20 Å². The SMILES string of the molecule is Clc1ccc(CNCc2ccc(-n3cnc4ccccc43)cc2)cn1. The molecule has 0 amide bonds. The molecule has 0 radical (unpaired) electrons. The zero-order valence-electron chi connectivity index (χ0n) is 13.6. The Morgan fingerprint density at radius 1 is 0.840 bits per heavy atom. The monoisotopic (exact) mass is 348 g/mol. The molecule has 0 unspecified atom stereocenters. The van der Waals surface area contributed by atoms with Crippen molar-refractivity contribution in [3.8, 4) is 5.69 Å². The van der Waals surface area contributed by atoms with Crippen LogP contribution in [0.25, 0.3) is 16.7 Å². The summed E-state index contributed by atoms with van der Waals surface area (Å²) in [4.78, 5) is 8.53. The van der Waals surface area contributed by atoms with Crippen LogP contribution in [0.15, 0.2) is 73.2 Å². The third kappa shape index (κ3) is 3.55. The molecule has 0 aliphatic heterocycles. The molecular formula is C20H17ClN4. The predicted octanol–water partition coefficient (Wildman–Crippen LogP) is 4.36. The summed E-state index contributed by atoms with van der Waals surface area (Å²) in [6.07, 6.45) is 3.66. The fourth-order valence-electron chi connectivity index (χ4n) is 2.80.